The van der Waals surface area contributed by atoms with Gasteiger partial charge in [-0.25, -0.2) is 0 Å². The summed E-state index contributed by atoms with van der Waals surface area (Å²) in [4.78, 5) is 25.3. The van der Waals surface area contributed by atoms with Crippen LogP contribution in [0.15, 0.2) is 60.8 Å². The maximum absolute atomic E-state index is 12.8. The third-order valence-electron chi connectivity index (χ3n) is 10.8. The van der Waals surface area contributed by atoms with Crippen molar-refractivity contribution >= 4 is 13.7 Å². The van der Waals surface area contributed by atoms with Gasteiger partial charge in [0.05, 0.1) is 39.9 Å². The zero-order valence-electron chi connectivity index (χ0n) is 39.6. The van der Waals surface area contributed by atoms with Gasteiger partial charge in [-0.05, 0) is 71.1 Å². The number of allylic oxidation sites excluding steroid dienone is 9. The van der Waals surface area contributed by atoms with Gasteiger partial charge in [0.25, 0.3) is 7.82 Å². The van der Waals surface area contributed by atoms with Crippen molar-refractivity contribution in [2.45, 2.75) is 219 Å². The van der Waals surface area contributed by atoms with Gasteiger partial charge in [0.2, 0.25) is 5.91 Å². The molecule has 0 spiro atoms. The molecule has 0 aromatic rings. The normalized spacial score (nSPS) is 14.7. The molecule has 9 heteroatoms. The summed E-state index contributed by atoms with van der Waals surface area (Å²) in [7, 11) is 1.23. The highest BCUT2D eigenvalue weighted by Gasteiger charge is 2.23. The zero-order chi connectivity index (χ0) is 44.3. The summed E-state index contributed by atoms with van der Waals surface area (Å²) in [5, 5.41) is 13.7. The van der Waals surface area contributed by atoms with Crippen molar-refractivity contribution < 1.29 is 32.9 Å². The quantitative estimate of drug-likeness (QED) is 0.0273. The van der Waals surface area contributed by atoms with Crippen LogP contribution in [0.25, 0.3) is 0 Å². The van der Waals surface area contributed by atoms with Gasteiger partial charge in [0.15, 0.2) is 0 Å². The summed E-state index contributed by atoms with van der Waals surface area (Å²) >= 11 is 0. The fourth-order valence-corrected chi connectivity index (χ4v) is 7.59. The van der Waals surface area contributed by atoms with Crippen LogP contribution in [0.4, 0.5) is 0 Å². The largest absolute Gasteiger partial charge is 0.756 e. The first-order valence-corrected chi connectivity index (χ1v) is 26.1. The van der Waals surface area contributed by atoms with Gasteiger partial charge in [-0.3, -0.25) is 9.36 Å². The third-order valence-corrected chi connectivity index (χ3v) is 11.7. The van der Waals surface area contributed by atoms with Crippen molar-refractivity contribution in [3.8, 4) is 0 Å². The van der Waals surface area contributed by atoms with Crippen LogP contribution >= 0.6 is 7.82 Å². The Morgan fingerprint density at radius 2 is 1.05 bits per heavy atom. The minimum atomic E-state index is -4.60. The van der Waals surface area contributed by atoms with Crippen LogP contribution in [0, 0.1) is 0 Å². The van der Waals surface area contributed by atoms with Crippen molar-refractivity contribution in [2.75, 3.05) is 40.9 Å². The molecule has 0 rings (SSSR count). The Bertz CT molecular complexity index is 1160. The van der Waals surface area contributed by atoms with E-state index in [-0.39, 0.29) is 12.5 Å². The first kappa shape index (κ1) is 58.2. The zero-order valence-corrected chi connectivity index (χ0v) is 40.5. The average molecular weight is 863 g/mol. The van der Waals surface area contributed by atoms with E-state index in [0.717, 1.165) is 51.4 Å². The number of nitrogens with one attached hydrogen (secondary N) is 1. The molecule has 0 saturated heterocycles. The lowest BCUT2D eigenvalue weighted by atomic mass is 10.0. The number of phosphoric acid groups is 1. The number of carbonyl (C=O) groups is 1. The molecule has 350 valence electrons. The van der Waals surface area contributed by atoms with Crippen molar-refractivity contribution in [3.05, 3.63) is 60.8 Å². The van der Waals surface area contributed by atoms with E-state index in [1.54, 1.807) is 6.08 Å². The molecule has 3 atom stereocenters. The highest BCUT2D eigenvalue weighted by atomic mass is 31.2. The van der Waals surface area contributed by atoms with Crippen LogP contribution in [0.2, 0.25) is 0 Å². The van der Waals surface area contributed by atoms with E-state index in [1.807, 2.05) is 40.2 Å². The number of aliphatic hydroxyl groups excluding tert-OH is 1. The number of aliphatic hydroxyl groups is 1. The van der Waals surface area contributed by atoms with E-state index in [1.165, 1.54) is 135 Å². The topological polar surface area (TPSA) is 108 Å². The summed E-state index contributed by atoms with van der Waals surface area (Å²) in [6, 6.07) is -0.908. The number of unbranched alkanes of at least 4 members (excludes halogenated alkanes) is 24. The van der Waals surface area contributed by atoms with Crippen LogP contribution < -0.4 is 10.2 Å². The van der Waals surface area contributed by atoms with E-state index < -0.39 is 26.6 Å². The minimum absolute atomic E-state index is 0.0105. The van der Waals surface area contributed by atoms with Gasteiger partial charge >= 0.3 is 0 Å². The van der Waals surface area contributed by atoms with E-state index in [9.17, 15) is 19.4 Å². The van der Waals surface area contributed by atoms with Gasteiger partial charge in [0, 0.05) is 6.42 Å². The van der Waals surface area contributed by atoms with Crippen molar-refractivity contribution in [2.24, 2.45) is 0 Å². The molecule has 0 aliphatic heterocycles. The molecular formula is C51H95N2O6P. The Kier molecular flexibility index (Phi) is 41.2. The molecule has 0 radical (unpaired) electrons. The van der Waals surface area contributed by atoms with Crippen LogP contribution in [-0.4, -0.2) is 68.5 Å². The molecule has 60 heavy (non-hydrogen) atoms. The van der Waals surface area contributed by atoms with Crippen molar-refractivity contribution in [1.82, 2.24) is 5.32 Å². The fraction of sp³-hybridized carbons (Fsp3) is 0.784. The number of amides is 1. The van der Waals surface area contributed by atoms with Crippen LogP contribution in [-0.2, 0) is 18.4 Å². The average Bonchev–Trinajstić information content (AvgIpc) is 3.20. The third kappa shape index (κ3) is 44.3. The number of carbonyl (C=O) groups excluding carboxylic acids is 1. The Morgan fingerprint density at radius 1 is 0.617 bits per heavy atom. The highest BCUT2D eigenvalue weighted by molar-refractivity contribution is 7.45. The Balaban J connectivity index is 4.05. The second-order valence-electron chi connectivity index (χ2n) is 17.8. The predicted octanol–water partition coefficient (Wildman–Crippen LogP) is 13.6. The SMILES string of the molecule is C/C=C/CC/C=C/CC/C=C/C(O)C(COP(=O)([O-])OCC[N+](C)(C)C)NC(=O)CCCCCCCCCCCCCCCCCCC/C=C\C/C=C\CCCCCCC. The molecule has 0 fully saturated rings. The monoisotopic (exact) mass is 863 g/mol. The molecule has 3 unspecified atom stereocenters. The lowest BCUT2D eigenvalue weighted by molar-refractivity contribution is -0.870. The van der Waals surface area contributed by atoms with E-state index in [2.05, 4.69) is 54.8 Å². The van der Waals surface area contributed by atoms with Crippen molar-refractivity contribution in [1.29, 1.82) is 0 Å². The number of hydrogen-bond donors (Lipinski definition) is 2. The lowest BCUT2D eigenvalue weighted by Gasteiger charge is -2.29. The number of quaternary nitrogens is 1. The van der Waals surface area contributed by atoms with E-state index in [4.69, 9.17) is 9.05 Å². The first-order valence-electron chi connectivity index (χ1n) is 24.6. The molecule has 0 bridgehead atoms. The molecule has 0 aliphatic carbocycles. The molecule has 2 N–H and O–H groups in total. The van der Waals surface area contributed by atoms with Crippen LogP contribution in [0.5, 0.6) is 0 Å². The second kappa shape index (κ2) is 42.5. The molecule has 0 aromatic heterocycles. The summed E-state index contributed by atoms with van der Waals surface area (Å²) in [6.45, 7) is 4.37. The van der Waals surface area contributed by atoms with Gasteiger partial charge in [-0.15, -0.1) is 0 Å². The molecule has 0 saturated carbocycles. The molecule has 8 nitrogen and oxygen atoms in total. The first-order chi connectivity index (χ1) is 29.0. The summed E-state index contributed by atoms with van der Waals surface area (Å²) < 4.78 is 23.1. The predicted molar refractivity (Wildman–Crippen MR) is 256 cm³/mol. The van der Waals surface area contributed by atoms with Gasteiger partial charge in [-0.2, -0.15) is 0 Å². The van der Waals surface area contributed by atoms with Gasteiger partial charge in [-0.1, -0.05) is 190 Å². The summed E-state index contributed by atoms with van der Waals surface area (Å²) in [5.41, 5.74) is 0. The number of rotatable bonds is 44. The second-order valence-corrected chi connectivity index (χ2v) is 19.2. The molecule has 0 aliphatic rings. The Labute approximate surface area is 371 Å². The maximum atomic E-state index is 12.8. The maximum Gasteiger partial charge on any atom is 0.268 e. The number of phosphoric ester groups is 1. The highest BCUT2D eigenvalue weighted by Crippen LogP contribution is 2.38. The van der Waals surface area contributed by atoms with Crippen molar-refractivity contribution in [3.63, 3.8) is 0 Å². The summed E-state index contributed by atoms with van der Waals surface area (Å²) in [6.07, 6.45) is 56.1. The smallest absolute Gasteiger partial charge is 0.268 e. The summed E-state index contributed by atoms with van der Waals surface area (Å²) in [5.74, 6) is -0.215. The lowest BCUT2D eigenvalue weighted by Crippen LogP contribution is -2.45. The number of hydrogen-bond acceptors (Lipinski definition) is 6. The number of nitrogens with zero attached hydrogens (tertiary/aromatic N) is 1. The van der Waals surface area contributed by atoms with Gasteiger partial charge < -0.3 is 28.8 Å². The minimum Gasteiger partial charge on any atom is -0.756 e. The van der Waals surface area contributed by atoms with E-state index in [0.29, 0.717) is 17.4 Å². The molecule has 0 heterocycles. The van der Waals surface area contributed by atoms with Gasteiger partial charge in [0.1, 0.15) is 13.2 Å². The Morgan fingerprint density at radius 3 is 1.53 bits per heavy atom. The van der Waals surface area contributed by atoms with Crippen LogP contribution in [0.1, 0.15) is 206 Å². The fourth-order valence-electron chi connectivity index (χ4n) is 6.87. The molecule has 1 amide bonds. The Hall–Kier alpha value is -1.80. The molecule has 0 aromatic carbocycles. The van der Waals surface area contributed by atoms with Crippen LogP contribution in [0.3, 0.4) is 0 Å². The number of likely N-dealkylation sites (N-methyl/N-ethyl adjacent to an activating group) is 1. The van der Waals surface area contributed by atoms with E-state index >= 15 is 0 Å². The molecular weight excluding hydrogens is 768 g/mol. The standard InChI is InChI=1S/C51H95N2O6P/c1-6-8-10-12-14-16-17-18-19-20-21-22-23-24-25-26-27-28-29-30-31-32-33-34-35-37-39-41-43-45-51(55)52-49(48-59-60(56,57)58-47-46-53(3,4)5)50(54)44-42-40-38-36-15-13-11-9-7-2/h7,9,15,17-18,20-21,36,42,44,49-50,54H,6,8,10-14,16,19,22-35,37-41,43,45-48H2,1-5H3,(H-,52,55,56,57)/b9-7+,18-17-,21-20-,36-15+,44-42+.